The molecule has 0 fully saturated rings. The van der Waals surface area contributed by atoms with Gasteiger partial charge in [0.15, 0.2) is 0 Å². The highest BCUT2D eigenvalue weighted by molar-refractivity contribution is 6.31. The molecule has 10 nitrogen and oxygen atoms in total. The number of hydrogen-bond acceptors (Lipinski definition) is 7. The molecule has 4 rings (SSSR count). The number of imidazole rings is 1. The maximum Gasteiger partial charge on any atom is 0.249 e. The minimum Gasteiger partial charge on any atom is -0.352 e. The minimum absolute atomic E-state index is 0.0306. The molecule has 178 valence electrons. The molecule has 3 aromatic heterocycles. The van der Waals surface area contributed by atoms with E-state index in [0.29, 0.717) is 29.0 Å². The highest BCUT2D eigenvalue weighted by Crippen LogP contribution is 2.26. The first-order valence-electron chi connectivity index (χ1n) is 10.5. The van der Waals surface area contributed by atoms with Crippen molar-refractivity contribution in [3.05, 3.63) is 78.5 Å². The van der Waals surface area contributed by atoms with E-state index in [1.54, 1.807) is 18.6 Å². The third-order valence-electron chi connectivity index (χ3n) is 4.79. The number of anilines is 3. The van der Waals surface area contributed by atoms with Gasteiger partial charge in [-0.05, 0) is 30.7 Å². The van der Waals surface area contributed by atoms with E-state index < -0.39 is 11.7 Å². The Bertz CT molecular complexity index is 1380. The molecule has 2 amide bonds. The molecule has 0 saturated heterocycles. The average Bonchev–Trinajstić information content (AvgIpc) is 3.37. The van der Waals surface area contributed by atoms with Crippen LogP contribution in [0.5, 0.6) is 0 Å². The van der Waals surface area contributed by atoms with Gasteiger partial charge in [0.2, 0.25) is 11.8 Å². The van der Waals surface area contributed by atoms with E-state index in [4.69, 9.17) is 11.6 Å². The van der Waals surface area contributed by atoms with Crippen molar-refractivity contribution >= 4 is 51.6 Å². The summed E-state index contributed by atoms with van der Waals surface area (Å²) in [6.07, 6.45) is 11.1. The summed E-state index contributed by atoms with van der Waals surface area (Å²) in [5.41, 5.74) is 1.05. The number of aromatic nitrogens is 5. The van der Waals surface area contributed by atoms with Gasteiger partial charge in [-0.15, -0.1) is 0 Å². The summed E-state index contributed by atoms with van der Waals surface area (Å²) < 4.78 is 15.4. The second-order valence-corrected chi connectivity index (χ2v) is 7.74. The SMILES string of the molecule is O=C(/C=C/C(=O)Nc1cc2c(Nc3ccc(F)c(Cl)c3)ncnc2cn1)NCCCn1ccnc1. The van der Waals surface area contributed by atoms with E-state index in [9.17, 15) is 14.0 Å². The fourth-order valence-corrected chi connectivity index (χ4v) is 3.29. The predicted molar refractivity (Wildman–Crippen MR) is 130 cm³/mol. The fraction of sp³-hybridized carbons (Fsp3) is 0.130. The Morgan fingerprint density at radius 2 is 1.97 bits per heavy atom. The molecular weight excluding hydrogens is 475 g/mol. The van der Waals surface area contributed by atoms with Gasteiger partial charge in [-0.25, -0.2) is 24.3 Å². The summed E-state index contributed by atoms with van der Waals surface area (Å²) in [5, 5.41) is 8.91. The van der Waals surface area contributed by atoms with Crippen LogP contribution in [0, 0.1) is 5.82 Å². The Hall–Kier alpha value is -4.38. The first kappa shape index (κ1) is 23.8. The molecule has 35 heavy (non-hydrogen) atoms. The van der Waals surface area contributed by atoms with Crippen LogP contribution >= 0.6 is 11.6 Å². The van der Waals surface area contributed by atoms with E-state index in [0.717, 1.165) is 25.1 Å². The van der Waals surface area contributed by atoms with Gasteiger partial charge in [0.05, 0.1) is 23.1 Å². The second-order valence-electron chi connectivity index (χ2n) is 7.33. The smallest absolute Gasteiger partial charge is 0.249 e. The summed E-state index contributed by atoms with van der Waals surface area (Å²) in [4.78, 5) is 40.7. The van der Waals surface area contributed by atoms with Crippen LogP contribution in [0.1, 0.15) is 6.42 Å². The number of rotatable bonds is 9. The van der Waals surface area contributed by atoms with E-state index in [1.807, 2.05) is 10.8 Å². The Labute approximate surface area is 204 Å². The van der Waals surface area contributed by atoms with E-state index in [-0.39, 0.29) is 16.7 Å². The molecule has 4 aromatic rings. The molecular formula is C23H20ClFN8O2. The molecule has 0 unspecified atom stereocenters. The third kappa shape index (κ3) is 6.58. The number of hydrogen-bond donors (Lipinski definition) is 3. The minimum atomic E-state index is -0.532. The first-order valence-corrected chi connectivity index (χ1v) is 10.9. The number of nitrogens with one attached hydrogen (secondary N) is 3. The van der Waals surface area contributed by atoms with E-state index in [1.165, 1.54) is 30.7 Å². The van der Waals surface area contributed by atoms with Crippen molar-refractivity contribution < 1.29 is 14.0 Å². The van der Waals surface area contributed by atoms with Crippen LogP contribution in [-0.4, -0.2) is 42.9 Å². The lowest BCUT2D eigenvalue weighted by Gasteiger charge is -2.10. The van der Waals surface area contributed by atoms with Crippen molar-refractivity contribution in [3.8, 4) is 0 Å². The van der Waals surface area contributed by atoms with Gasteiger partial charge in [-0.1, -0.05) is 11.6 Å². The summed E-state index contributed by atoms with van der Waals surface area (Å²) in [5.74, 6) is -0.781. The molecule has 1 aromatic carbocycles. The molecule has 3 heterocycles. The molecule has 0 bridgehead atoms. The standard InChI is InChI=1S/C23H20ClFN8O2/c24-17-10-15(2-3-18(17)25)31-23-16-11-20(28-12-19(16)29-13-30-23)32-22(35)5-4-21(34)27-6-1-8-33-9-7-26-14-33/h2-5,7,9-14H,1,6,8H2,(H,27,34)(H,28,32,35)(H,29,30,31)/b5-4+. The monoisotopic (exact) mass is 494 g/mol. The molecule has 3 N–H and O–H groups in total. The van der Waals surface area contributed by atoms with Crippen LogP contribution in [-0.2, 0) is 16.1 Å². The molecule has 0 aliphatic rings. The van der Waals surface area contributed by atoms with Crippen molar-refractivity contribution in [3.63, 3.8) is 0 Å². The lowest BCUT2D eigenvalue weighted by molar-refractivity contribution is -0.117. The quantitative estimate of drug-likeness (QED) is 0.240. The number of fused-ring (bicyclic) bond motifs is 1. The first-order chi connectivity index (χ1) is 17.0. The average molecular weight is 495 g/mol. The molecule has 0 spiro atoms. The highest BCUT2D eigenvalue weighted by Gasteiger charge is 2.09. The van der Waals surface area contributed by atoms with Crippen LogP contribution in [0.3, 0.4) is 0 Å². The highest BCUT2D eigenvalue weighted by atomic mass is 35.5. The lowest BCUT2D eigenvalue weighted by Crippen LogP contribution is -2.23. The van der Waals surface area contributed by atoms with Crippen LogP contribution in [0.25, 0.3) is 10.9 Å². The van der Waals surface area contributed by atoms with Crippen LogP contribution in [0.15, 0.2) is 67.7 Å². The normalized spacial score (nSPS) is 11.0. The molecule has 0 saturated carbocycles. The van der Waals surface area contributed by atoms with Crippen LogP contribution < -0.4 is 16.0 Å². The zero-order chi connectivity index (χ0) is 24.6. The molecule has 0 radical (unpaired) electrons. The van der Waals surface area contributed by atoms with Gasteiger partial charge in [0, 0.05) is 48.7 Å². The Balaban J connectivity index is 1.35. The van der Waals surface area contributed by atoms with Gasteiger partial charge in [-0.3, -0.25) is 9.59 Å². The molecule has 0 aliphatic carbocycles. The van der Waals surface area contributed by atoms with Gasteiger partial charge in [0.25, 0.3) is 0 Å². The van der Waals surface area contributed by atoms with Crippen molar-refractivity contribution in [1.82, 2.24) is 29.8 Å². The predicted octanol–water partition coefficient (Wildman–Crippen LogP) is 3.46. The third-order valence-corrected chi connectivity index (χ3v) is 5.08. The van der Waals surface area contributed by atoms with Gasteiger partial charge in [-0.2, -0.15) is 0 Å². The molecule has 0 aliphatic heterocycles. The maximum absolute atomic E-state index is 13.4. The number of carbonyl (C=O) groups is 2. The van der Waals surface area contributed by atoms with Crippen LogP contribution in [0.2, 0.25) is 5.02 Å². The van der Waals surface area contributed by atoms with E-state index >= 15 is 0 Å². The fourth-order valence-electron chi connectivity index (χ4n) is 3.11. The number of amides is 2. The van der Waals surface area contributed by atoms with Crippen molar-refractivity contribution in [2.24, 2.45) is 0 Å². The Kier molecular flexibility index (Phi) is 7.58. The number of nitrogens with zero attached hydrogens (tertiary/aromatic N) is 5. The van der Waals surface area contributed by atoms with Gasteiger partial charge in [0.1, 0.15) is 23.8 Å². The molecule has 0 atom stereocenters. The number of pyridine rings is 1. The number of benzene rings is 1. The van der Waals surface area contributed by atoms with Crippen molar-refractivity contribution in [2.45, 2.75) is 13.0 Å². The van der Waals surface area contributed by atoms with Gasteiger partial charge >= 0.3 is 0 Å². The maximum atomic E-state index is 13.4. The topological polar surface area (TPSA) is 127 Å². The summed E-state index contributed by atoms with van der Waals surface area (Å²) in [6.45, 7) is 1.19. The number of carbonyl (C=O) groups excluding carboxylic acids is 2. The zero-order valence-corrected chi connectivity index (χ0v) is 19.0. The van der Waals surface area contributed by atoms with Crippen molar-refractivity contribution in [2.75, 3.05) is 17.2 Å². The zero-order valence-electron chi connectivity index (χ0n) is 18.3. The molecule has 12 heteroatoms. The second kappa shape index (κ2) is 11.2. The Morgan fingerprint density at radius 3 is 2.77 bits per heavy atom. The lowest BCUT2D eigenvalue weighted by atomic mass is 10.2. The van der Waals surface area contributed by atoms with E-state index in [2.05, 4.69) is 35.9 Å². The summed E-state index contributed by atoms with van der Waals surface area (Å²) >= 11 is 5.85. The summed E-state index contributed by atoms with van der Waals surface area (Å²) in [7, 11) is 0. The Morgan fingerprint density at radius 1 is 1.11 bits per heavy atom. The number of halogens is 2. The largest absolute Gasteiger partial charge is 0.352 e. The van der Waals surface area contributed by atoms with Gasteiger partial charge < -0.3 is 20.5 Å². The summed E-state index contributed by atoms with van der Waals surface area (Å²) in [6, 6.07) is 5.78. The number of aryl methyl sites for hydroxylation is 1. The van der Waals surface area contributed by atoms with Crippen molar-refractivity contribution in [1.29, 1.82) is 0 Å². The van der Waals surface area contributed by atoms with Crippen LogP contribution in [0.4, 0.5) is 21.7 Å².